The van der Waals surface area contributed by atoms with Crippen LogP contribution in [0, 0.1) is 5.82 Å². The molecule has 0 atom stereocenters. The summed E-state index contributed by atoms with van der Waals surface area (Å²) in [5.41, 5.74) is 0.903. The molecule has 0 aliphatic heterocycles. The molecule has 0 aromatic heterocycles. The third-order valence-electron chi connectivity index (χ3n) is 2.85. The topological polar surface area (TPSA) is 38.3 Å². The number of amides is 1. The quantitative estimate of drug-likeness (QED) is 0.886. The fraction of sp³-hybridized carbons (Fsp3) is 0.188. The van der Waals surface area contributed by atoms with Gasteiger partial charge in [-0.25, -0.2) is 4.39 Å². The highest BCUT2D eigenvalue weighted by atomic mass is 79.9. The molecule has 21 heavy (non-hydrogen) atoms. The molecule has 0 saturated carbocycles. The second kappa shape index (κ2) is 7.22. The minimum atomic E-state index is -0.551. The van der Waals surface area contributed by atoms with Crippen LogP contribution in [0.4, 0.5) is 4.39 Å². The van der Waals surface area contributed by atoms with Crippen molar-refractivity contribution in [2.75, 3.05) is 6.61 Å². The van der Waals surface area contributed by atoms with Crippen molar-refractivity contribution < 1.29 is 13.9 Å². The highest BCUT2D eigenvalue weighted by molar-refractivity contribution is 9.10. The molecule has 2 rings (SSSR count). The maximum Gasteiger partial charge on any atom is 0.255 e. The maximum atomic E-state index is 13.7. The number of ether oxygens (including phenoxy) is 1. The number of hydrogen-bond donors (Lipinski definition) is 1. The van der Waals surface area contributed by atoms with Crippen molar-refractivity contribution in [3.8, 4) is 5.75 Å². The van der Waals surface area contributed by atoms with E-state index in [1.165, 1.54) is 6.07 Å². The normalized spacial score (nSPS) is 10.2. The second-order valence-corrected chi connectivity index (χ2v) is 5.21. The Morgan fingerprint density at radius 3 is 2.76 bits per heavy atom. The zero-order valence-electron chi connectivity index (χ0n) is 11.5. The lowest BCUT2D eigenvalue weighted by Gasteiger charge is -2.09. The minimum Gasteiger partial charge on any atom is -0.494 e. The average Bonchev–Trinajstić information content (AvgIpc) is 2.46. The van der Waals surface area contributed by atoms with E-state index in [2.05, 4.69) is 21.2 Å². The average molecular weight is 352 g/mol. The summed E-state index contributed by atoms with van der Waals surface area (Å²) < 4.78 is 19.5. The Morgan fingerprint density at radius 1 is 1.29 bits per heavy atom. The first-order valence-electron chi connectivity index (χ1n) is 6.55. The molecule has 0 bridgehead atoms. The van der Waals surface area contributed by atoms with Crippen molar-refractivity contribution in [2.24, 2.45) is 0 Å². The highest BCUT2D eigenvalue weighted by Crippen LogP contribution is 2.20. The Kier molecular flexibility index (Phi) is 5.33. The van der Waals surface area contributed by atoms with Gasteiger partial charge < -0.3 is 10.1 Å². The number of hydrogen-bond acceptors (Lipinski definition) is 2. The molecule has 0 radical (unpaired) electrons. The van der Waals surface area contributed by atoms with E-state index in [0.29, 0.717) is 17.6 Å². The van der Waals surface area contributed by atoms with E-state index in [4.69, 9.17) is 4.74 Å². The lowest BCUT2D eigenvalue weighted by atomic mass is 10.1. The maximum absolute atomic E-state index is 13.7. The highest BCUT2D eigenvalue weighted by Gasteiger charge is 2.14. The van der Waals surface area contributed by atoms with Gasteiger partial charge in [-0.05, 0) is 52.7 Å². The van der Waals surface area contributed by atoms with Gasteiger partial charge in [-0.1, -0.05) is 18.2 Å². The van der Waals surface area contributed by atoms with E-state index in [1.54, 1.807) is 12.1 Å². The van der Waals surface area contributed by atoms with Gasteiger partial charge in [0.25, 0.3) is 5.91 Å². The third kappa shape index (κ3) is 4.04. The molecular weight excluding hydrogens is 337 g/mol. The molecule has 0 aliphatic rings. The van der Waals surface area contributed by atoms with Crippen molar-refractivity contribution in [3.05, 3.63) is 63.9 Å². The number of carbonyl (C=O) groups excluding carboxylic acids is 1. The van der Waals surface area contributed by atoms with Gasteiger partial charge in [0.15, 0.2) is 0 Å². The van der Waals surface area contributed by atoms with Crippen LogP contribution in [0.3, 0.4) is 0 Å². The molecule has 110 valence electrons. The monoisotopic (exact) mass is 351 g/mol. The zero-order chi connectivity index (χ0) is 15.2. The van der Waals surface area contributed by atoms with E-state index in [0.717, 1.165) is 11.3 Å². The van der Waals surface area contributed by atoms with Gasteiger partial charge in [0.2, 0.25) is 0 Å². The molecule has 2 aromatic rings. The lowest BCUT2D eigenvalue weighted by molar-refractivity contribution is 0.0946. The third-order valence-corrected chi connectivity index (χ3v) is 3.51. The summed E-state index contributed by atoms with van der Waals surface area (Å²) in [6.07, 6.45) is 0. The summed E-state index contributed by atoms with van der Waals surface area (Å²) in [5.74, 6) is -0.261. The molecule has 0 heterocycles. The predicted octanol–water partition coefficient (Wildman–Crippen LogP) is 3.92. The van der Waals surface area contributed by atoms with Crippen LogP contribution in [0.15, 0.2) is 46.9 Å². The number of halogens is 2. The second-order valence-electron chi connectivity index (χ2n) is 4.36. The largest absolute Gasteiger partial charge is 0.494 e. The molecule has 1 amide bonds. The van der Waals surface area contributed by atoms with Crippen LogP contribution in [0.25, 0.3) is 0 Å². The summed E-state index contributed by atoms with van der Waals surface area (Å²) in [6.45, 7) is 2.79. The van der Waals surface area contributed by atoms with Crippen LogP contribution in [0.2, 0.25) is 0 Å². The molecule has 0 spiro atoms. The summed E-state index contributed by atoms with van der Waals surface area (Å²) >= 11 is 3.19. The van der Waals surface area contributed by atoms with Crippen LogP contribution in [0.1, 0.15) is 22.8 Å². The fourth-order valence-corrected chi connectivity index (χ4v) is 2.42. The number of nitrogens with one attached hydrogen (secondary N) is 1. The van der Waals surface area contributed by atoms with Crippen molar-refractivity contribution in [3.63, 3.8) is 0 Å². The molecule has 1 N–H and O–H groups in total. The van der Waals surface area contributed by atoms with Crippen LogP contribution >= 0.6 is 15.9 Å². The molecule has 0 unspecified atom stereocenters. The Bertz CT molecular complexity index is 626. The van der Waals surface area contributed by atoms with Crippen molar-refractivity contribution in [1.29, 1.82) is 0 Å². The smallest absolute Gasteiger partial charge is 0.255 e. The molecule has 5 heteroatoms. The van der Waals surface area contributed by atoms with Gasteiger partial charge in [-0.3, -0.25) is 4.79 Å². The van der Waals surface area contributed by atoms with Crippen LogP contribution < -0.4 is 10.1 Å². The Labute approximate surface area is 131 Å². The fourth-order valence-electron chi connectivity index (χ4n) is 1.90. The first-order valence-corrected chi connectivity index (χ1v) is 7.35. The van der Waals surface area contributed by atoms with E-state index in [1.807, 2.05) is 31.2 Å². The number of carbonyl (C=O) groups is 1. The first kappa shape index (κ1) is 15.5. The van der Waals surface area contributed by atoms with Gasteiger partial charge in [-0.15, -0.1) is 0 Å². The molecule has 2 aromatic carbocycles. The van der Waals surface area contributed by atoms with E-state index < -0.39 is 11.7 Å². The van der Waals surface area contributed by atoms with E-state index in [9.17, 15) is 9.18 Å². The first-order chi connectivity index (χ1) is 10.1. The Hall–Kier alpha value is -1.88. The Morgan fingerprint density at radius 2 is 2.05 bits per heavy atom. The summed E-state index contributed by atoms with van der Waals surface area (Å²) in [6, 6.07) is 11.9. The summed E-state index contributed by atoms with van der Waals surface area (Å²) in [4.78, 5) is 12.1. The minimum absolute atomic E-state index is 0.0125. The van der Waals surface area contributed by atoms with Crippen LogP contribution in [-0.4, -0.2) is 12.5 Å². The van der Waals surface area contributed by atoms with Gasteiger partial charge >= 0.3 is 0 Å². The van der Waals surface area contributed by atoms with E-state index >= 15 is 0 Å². The van der Waals surface area contributed by atoms with Crippen molar-refractivity contribution in [2.45, 2.75) is 13.5 Å². The van der Waals surface area contributed by atoms with E-state index in [-0.39, 0.29) is 5.56 Å². The molecule has 0 fully saturated rings. The van der Waals surface area contributed by atoms with Crippen molar-refractivity contribution >= 4 is 21.8 Å². The molecular formula is C16H15BrFNO2. The molecule has 0 saturated heterocycles. The Balaban J connectivity index is 2.06. The summed E-state index contributed by atoms with van der Waals surface area (Å²) in [5, 5.41) is 2.70. The SMILES string of the molecule is CCOc1cccc(CNC(=O)c2c(F)cccc2Br)c1. The van der Waals surface area contributed by atoms with Crippen molar-refractivity contribution in [1.82, 2.24) is 5.32 Å². The van der Waals surface area contributed by atoms with Gasteiger partial charge in [0.1, 0.15) is 11.6 Å². The lowest BCUT2D eigenvalue weighted by Crippen LogP contribution is -2.24. The van der Waals surface area contributed by atoms with Gasteiger partial charge in [-0.2, -0.15) is 0 Å². The standard InChI is InChI=1S/C16H15BrFNO2/c1-2-21-12-6-3-5-11(9-12)10-19-16(20)15-13(17)7-4-8-14(15)18/h3-9H,2,10H2,1H3,(H,19,20). The molecule has 0 aliphatic carbocycles. The number of benzene rings is 2. The molecule has 3 nitrogen and oxygen atoms in total. The summed E-state index contributed by atoms with van der Waals surface area (Å²) in [7, 11) is 0. The van der Waals surface area contributed by atoms with Crippen LogP contribution in [-0.2, 0) is 6.54 Å². The van der Waals surface area contributed by atoms with Gasteiger partial charge in [0.05, 0.1) is 12.2 Å². The predicted molar refractivity (Wildman–Crippen MR) is 82.9 cm³/mol. The van der Waals surface area contributed by atoms with Crippen LogP contribution in [0.5, 0.6) is 5.75 Å². The zero-order valence-corrected chi connectivity index (χ0v) is 13.1. The van der Waals surface area contributed by atoms with Gasteiger partial charge in [0, 0.05) is 11.0 Å². The number of rotatable bonds is 5.